The third kappa shape index (κ3) is 4.98. The molecule has 2 aromatic heterocycles. The molecule has 0 spiro atoms. The Hall–Kier alpha value is -3.21. The number of pyridine rings is 2. The predicted octanol–water partition coefficient (Wildman–Crippen LogP) is 2.53. The minimum absolute atomic E-state index is 0.0399. The van der Waals surface area contributed by atoms with E-state index in [0.717, 1.165) is 29.0 Å². The van der Waals surface area contributed by atoms with E-state index in [1.165, 1.54) is 0 Å². The normalized spacial score (nSPS) is 19.9. The van der Waals surface area contributed by atoms with Gasteiger partial charge in [-0.2, -0.15) is 0 Å². The van der Waals surface area contributed by atoms with Crippen LogP contribution in [0.15, 0.2) is 47.5 Å². The lowest BCUT2D eigenvalue weighted by Crippen LogP contribution is -2.52. The van der Waals surface area contributed by atoms with Crippen LogP contribution in [0, 0.1) is 0 Å². The number of benzene rings is 1. The molecule has 0 radical (unpaired) electrons. The molecular formula is C24H26N6O3S. The van der Waals surface area contributed by atoms with Crippen LogP contribution < -0.4 is 26.0 Å². The average Bonchev–Trinajstić information content (AvgIpc) is 2.87. The first-order chi connectivity index (χ1) is 16.6. The zero-order valence-corrected chi connectivity index (χ0v) is 19.6. The molecule has 2 atom stereocenters. The van der Waals surface area contributed by atoms with Crippen LogP contribution in [0.25, 0.3) is 11.0 Å². The lowest BCUT2D eigenvalue weighted by Gasteiger charge is -2.30. The van der Waals surface area contributed by atoms with Crippen LogP contribution in [0.5, 0.6) is 5.88 Å². The molecule has 5 rings (SSSR count). The van der Waals surface area contributed by atoms with Crippen LogP contribution >= 0.6 is 11.8 Å². The fraction of sp³-hybridized carbons (Fsp3) is 0.333. The molecule has 3 aromatic rings. The molecule has 1 saturated heterocycles. The number of aromatic nitrogens is 2. The van der Waals surface area contributed by atoms with Gasteiger partial charge in [0.1, 0.15) is 5.52 Å². The molecule has 0 saturated carbocycles. The molecule has 1 fully saturated rings. The van der Waals surface area contributed by atoms with Crippen molar-refractivity contribution in [3.8, 4) is 5.88 Å². The molecular weight excluding hydrogens is 452 g/mol. The van der Waals surface area contributed by atoms with Crippen LogP contribution in [0.2, 0.25) is 0 Å². The van der Waals surface area contributed by atoms with Gasteiger partial charge in [0.25, 0.3) is 0 Å². The predicted molar refractivity (Wildman–Crippen MR) is 132 cm³/mol. The van der Waals surface area contributed by atoms with E-state index in [0.29, 0.717) is 41.4 Å². The number of carbonyl (C=O) groups excluding carboxylic acids is 2. The monoisotopic (exact) mass is 478 g/mol. The molecule has 0 bridgehead atoms. The Bertz CT molecular complexity index is 1230. The molecule has 4 N–H and O–H groups in total. The largest absolute Gasteiger partial charge is 0.481 e. The molecule has 2 aliphatic rings. The van der Waals surface area contributed by atoms with E-state index in [9.17, 15) is 9.59 Å². The summed E-state index contributed by atoms with van der Waals surface area (Å²) in [4.78, 5) is 34.4. The van der Waals surface area contributed by atoms with Crippen molar-refractivity contribution in [1.29, 1.82) is 0 Å². The molecule has 4 heterocycles. The zero-order valence-electron chi connectivity index (χ0n) is 18.8. The van der Waals surface area contributed by atoms with Gasteiger partial charge >= 0.3 is 0 Å². The standard InChI is InChI=1S/C24H26N6O3S/c1-33-22-7-5-16-23(30-22)17(8-9-25-16)29-24(32)18-4-3-15(12-27-18)26-11-14-2-6-20-19(10-14)28-21(31)13-34-20/h2,5-10,15,18,26-27H,3-4,11-13H2,1H3,(H,28,31)(H,25,29,32)/t15-,18+/m0/s1. The van der Waals surface area contributed by atoms with Crippen molar-refractivity contribution in [2.45, 2.75) is 36.4 Å². The smallest absolute Gasteiger partial charge is 0.241 e. The van der Waals surface area contributed by atoms with Crippen LogP contribution in [0.3, 0.4) is 0 Å². The van der Waals surface area contributed by atoms with Gasteiger partial charge in [-0.05, 0) is 42.7 Å². The van der Waals surface area contributed by atoms with Gasteiger partial charge in [-0.15, -0.1) is 11.8 Å². The Labute approximate surface area is 201 Å². The van der Waals surface area contributed by atoms with Crippen molar-refractivity contribution in [2.75, 3.05) is 30.0 Å². The summed E-state index contributed by atoms with van der Waals surface area (Å²) in [6.07, 6.45) is 3.26. The minimum atomic E-state index is -0.275. The number of rotatable bonds is 6. The lowest BCUT2D eigenvalue weighted by molar-refractivity contribution is -0.118. The summed E-state index contributed by atoms with van der Waals surface area (Å²) in [5, 5.41) is 12.8. The summed E-state index contributed by atoms with van der Waals surface area (Å²) in [5.74, 6) is 0.896. The molecule has 2 amide bonds. The SMILES string of the molecule is COc1ccc2nccc(NC(=O)[C@H]3CC[C@H](NCc4ccc5c(c4)NC(=O)CS5)CN3)c2n1. The van der Waals surface area contributed by atoms with E-state index in [4.69, 9.17) is 4.74 Å². The number of ether oxygens (including phenoxy) is 1. The fourth-order valence-corrected chi connectivity index (χ4v) is 4.99. The first kappa shape index (κ1) is 22.6. The number of amides is 2. The maximum absolute atomic E-state index is 12.9. The number of fused-ring (bicyclic) bond motifs is 2. The molecule has 1 aromatic carbocycles. The number of nitrogens with zero attached hydrogens (tertiary/aromatic N) is 2. The third-order valence-corrected chi connectivity index (χ3v) is 7.10. The van der Waals surface area contributed by atoms with Crippen molar-refractivity contribution >= 4 is 46.0 Å². The van der Waals surface area contributed by atoms with Gasteiger partial charge in [-0.1, -0.05) is 6.07 Å². The molecule has 10 heteroatoms. The Balaban J connectivity index is 1.14. The second-order valence-corrected chi connectivity index (χ2v) is 9.37. The molecule has 34 heavy (non-hydrogen) atoms. The number of hydrogen-bond donors (Lipinski definition) is 4. The molecule has 2 aliphatic heterocycles. The number of carbonyl (C=O) groups is 2. The van der Waals surface area contributed by atoms with Crippen molar-refractivity contribution < 1.29 is 14.3 Å². The first-order valence-corrected chi connectivity index (χ1v) is 12.2. The number of piperidine rings is 1. The topological polar surface area (TPSA) is 117 Å². The quantitative estimate of drug-likeness (QED) is 0.427. The van der Waals surface area contributed by atoms with E-state index in [-0.39, 0.29) is 23.9 Å². The van der Waals surface area contributed by atoms with E-state index >= 15 is 0 Å². The van der Waals surface area contributed by atoms with Crippen LogP contribution in [0.1, 0.15) is 18.4 Å². The second kappa shape index (κ2) is 9.96. The van der Waals surface area contributed by atoms with E-state index in [1.807, 2.05) is 12.1 Å². The van der Waals surface area contributed by atoms with Gasteiger partial charge in [0.05, 0.1) is 35.8 Å². The Morgan fingerprint density at radius 3 is 2.97 bits per heavy atom. The highest BCUT2D eigenvalue weighted by Gasteiger charge is 2.26. The molecule has 0 unspecified atom stereocenters. The number of hydrogen-bond acceptors (Lipinski definition) is 8. The van der Waals surface area contributed by atoms with Crippen molar-refractivity contribution in [3.63, 3.8) is 0 Å². The number of methoxy groups -OCH3 is 1. The van der Waals surface area contributed by atoms with Crippen LogP contribution in [-0.4, -0.2) is 53.3 Å². The molecule has 9 nitrogen and oxygen atoms in total. The highest BCUT2D eigenvalue weighted by molar-refractivity contribution is 8.00. The van der Waals surface area contributed by atoms with E-state index in [2.05, 4.69) is 43.4 Å². The van der Waals surface area contributed by atoms with Gasteiger partial charge in [0, 0.05) is 36.3 Å². The Morgan fingerprint density at radius 1 is 1.24 bits per heavy atom. The van der Waals surface area contributed by atoms with Crippen molar-refractivity contribution in [2.24, 2.45) is 0 Å². The highest BCUT2D eigenvalue weighted by Crippen LogP contribution is 2.32. The highest BCUT2D eigenvalue weighted by atomic mass is 32.2. The Kier molecular flexibility index (Phi) is 6.61. The number of anilines is 2. The van der Waals surface area contributed by atoms with Gasteiger partial charge < -0.3 is 26.0 Å². The van der Waals surface area contributed by atoms with Crippen molar-refractivity contribution in [1.82, 2.24) is 20.6 Å². The van der Waals surface area contributed by atoms with E-state index in [1.54, 1.807) is 37.2 Å². The summed E-state index contributed by atoms with van der Waals surface area (Å²) in [6, 6.07) is 11.5. The van der Waals surface area contributed by atoms with Crippen molar-refractivity contribution in [3.05, 3.63) is 48.2 Å². The average molecular weight is 479 g/mol. The third-order valence-electron chi connectivity index (χ3n) is 6.03. The summed E-state index contributed by atoms with van der Waals surface area (Å²) < 4.78 is 5.21. The summed E-state index contributed by atoms with van der Waals surface area (Å²) in [6.45, 7) is 1.40. The van der Waals surface area contributed by atoms with Gasteiger partial charge in [0.15, 0.2) is 0 Å². The van der Waals surface area contributed by atoms with Gasteiger partial charge in [-0.3, -0.25) is 14.6 Å². The maximum Gasteiger partial charge on any atom is 0.241 e. The van der Waals surface area contributed by atoms with Gasteiger partial charge in [-0.25, -0.2) is 4.98 Å². The summed E-state index contributed by atoms with van der Waals surface area (Å²) >= 11 is 1.56. The van der Waals surface area contributed by atoms with E-state index < -0.39 is 0 Å². The first-order valence-electron chi connectivity index (χ1n) is 11.2. The molecule has 0 aliphatic carbocycles. The van der Waals surface area contributed by atoms with Gasteiger partial charge in [0.2, 0.25) is 17.7 Å². The minimum Gasteiger partial charge on any atom is -0.481 e. The number of nitrogens with one attached hydrogen (secondary N) is 4. The summed E-state index contributed by atoms with van der Waals surface area (Å²) in [5.41, 5.74) is 3.92. The Morgan fingerprint density at radius 2 is 2.15 bits per heavy atom. The number of thioether (sulfide) groups is 1. The summed E-state index contributed by atoms with van der Waals surface area (Å²) in [7, 11) is 1.56. The van der Waals surface area contributed by atoms with Crippen LogP contribution in [-0.2, 0) is 16.1 Å². The zero-order chi connectivity index (χ0) is 23.5. The molecule has 176 valence electrons. The lowest BCUT2D eigenvalue weighted by atomic mass is 9.99. The maximum atomic E-state index is 12.9. The second-order valence-electron chi connectivity index (χ2n) is 8.35. The van der Waals surface area contributed by atoms with Crippen LogP contribution in [0.4, 0.5) is 11.4 Å². The fourth-order valence-electron chi connectivity index (χ4n) is 4.20.